The first-order chi connectivity index (χ1) is 11.5. The number of rotatable bonds is 2. The molecule has 1 saturated carbocycles. The number of nitrogens with zero attached hydrogens (tertiary/aromatic N) is 2. The number of nitrogens with one attached hydrogen (secondary N) is 1. The van der Waals surface area contributed by atoms with Crippen LogP contribution in [0, 0.1) is 17.0 Å². The van der Waals surface area contributed by atoms with Crippen LogP contribution in [0.15, 0.2) is 27.5 Å². The number of aromatic nitrogens is 2. The second kappa shape index (κ2) is 5.25. The highest BCUT2D eigenvalue weighted by Gasteiger charge is 2.52. The van der Waals surface area contributed by atoms with E-state index in [1.165, 1.54) is 6.07 Å². The van der Waals surface area contributed by atoms with Crippen molar-refractivity contribution in [3.63, 3.8) is 0 Å². The number of hydrogen-bond acceptors (Lipinski definition) is 4. The number of hydrogen-bond donors (Lipinski definition) is 1. The minimum atomic E-state index is -0.882. The summed E-state index contributed by atoms with van der Waals surface area (Å²) in [5, 5.41) is 3.43. The van der Waals surface area contributed by atoms with E-state index in [-0.39, 0.29) is 17.2 Å². The highest BCUT2D eigenvalue weighted by atomic mass is 19.2. The van der Waals surface area contributed by atoms with E-state index in [1.54, 1.807) is 11.0 Å². The van der Waals surface area contributed by atoms with Gasteiger partial charge in [0, 0.05) is 19.0 Å². The Labute approximate surface area is 135 Å². The van der Waals surface area contributed by atoms with Gasteiger partial charge in [0.1, 0.15) is 0 Å². The van der Waals surface area contributed by atoms with Gasteiger partial charge in [-0.1, -0.05) is 12.5 Å². The molecule has 1 N–H and O–H groups in total. The second-order valence-electron chi connectivity index (χ2n) is 6.57. The highest BCUT2D eigenvalue weighted by Crippen LogP contribution is 2.55. The third-order valence-electron chi connectivity index (χ3n) is 5.27. The van der Waals surface area contributed by atoms with Crippen molar-refractivity contribution in [3.05, 3.63) is 51.8 Å². The lowest BCUT2D eigenvalue weighted by atomic mass is 9.61. The van der Waals surface area contributed by atoms with Gasteiger partial charge in [-0.25, -0.2) is 13.6 Å². The number of amides is 1. The molecule has 0 bridgehead atoms. The van der Waals surface area contributed by atoms with Crippen LogP contribution in [-0.2, 0) is 0 Å². The van der Waals surface area contributed by atoms with Crippen LogP contribution in [-0.4, -0.2) is 34.0 Å². The lowest BCUT2D eigenvalue weighted by Crippen LogP contribution is -2.38. The monoisotopic (exact) mass is 335 g/mol. The number of likely N-dealkylation sites (tertiary alicyclic amines) is 1. The molecule has 1 aliphatic carbocycles. The van der Waals surface area contributed by atoms with Crippen molar-refractivity contribution < 1.29 is 18.1 Å². The molecule has 1 amide bonds. The smallest absolute Gasteiger partial charge is 0.335 e. The van der Waals surface area contributed by atoms with Crippen LogP contribution < -0.4 is 5.76 Å². The van der Waals surface area contributed by atoms with Gasteiger partial charge in [0.15, 0.2) is 11.6 Å². The minimum absolute atomic E-state index is 0.0658. The van der Waals surface area contributed by atoms with E-state index in [0.29, 0.717) is 18.7 Å². The maximum absolute atomic E-state index is 13.6. The summed E-state index contributed by atoms with van der Waals surface area (Å²) < 4.78 is 31.2. The van der Waals surface area contributed by atoms with Crippen LogP contribution in [0.3, 0.4) is 0 Å². The third kappa shape index (κ3) is 2.24. The average Bonchev–Trinajstić information content (AvgIpc) is 3.13. The fourth-order valence-corrected chi connectivity index (χ4v) is 3.92. The Balaban J connectivity index is 1.64. The van der Waals surface area contributed by atoms with Gasteiger partial charge in [-0.15, -0.1) is 0 Å². The van der Waals surface area contributed by atoms with Gasteiger partial charge in [0.25, 0.3) is 5.91 Å². The van der Waals surface area contributed by atoms with Gasteiger partial charge in [0.05, 0.1) is 0 Å². The summed E-state index contributed by atoms with van der Waals surface area (Å²) in [6.07, 6.45) is 2.90. The molecule has 126 valence electrons. The van der Waals surface area contributed by atoms with Crippen LogP contribution in [0.1, 0.15) is 41.4 Å². The molecular weight excluding hydrogens is 320 g/mol. The number of aromatic amines is 1. The molecule has 1 aromatic heterocycles. The molecule has 2 aliphatic rings. The number of carbonyl (C=O) groups is 1. The van der Waals surface area contributed by atoms with E-state index in [0.717, 1.165) is 25.3 Å². The first-order valence-corrected chi connectivity index (χ1v) is 7.79. The molecule has 24 heavy (non-hydrogen) atoms. The Hall–Kier alpha value is -2.51. The SMILES string of the molecule is O=C(c1noc(=O)[nH]1)N1CC(c2ccc(F)c(F)c2)C2(CCC2)C1. The summed E-state index contributed by atoms with van der Waals surface area (Å²) in [6.45, 7) is 0.878. The molecule has 8 heteroatoms. The van der Waals surface area contributed by atoms with E-state index >= 15 is 0 Å². The predicted octanol–water partition coefficient (Wildman–Crippen LogP) is 2.05. The van der Waals surface area contributed by atoms with Crippen molar-refractivity contribution in [2.75, 3.05) is 13.1 Å². The van der Waals surface area contributed by atoms with E-state index < -0.39 is 23.3 Å². The Bertz CT molecular complexity index is 856. The molecule has 4 rings (SSSR count). The van der Waals surface area contributed by atoms with Crippen molar-refractivity contribution in [1.82, 2.24) is 15.0 Å². The zero-order valence-electron chi connectivity index (χ0n) is 12.7. The molecule has 0 radical (unpaired) electrons. The maximum Gasteiger partial charge on any atom is 0.439 e. The topological polar surface area (TPSA) is 79.2 Å². The van der Waals surface area contributed by atoms with Crippen LogP contribution in [0.2, 0.25) is 0 Å². The van der Waals surface area contributed by atoms with Crippen LogP contribution in [0.25, 0.3) is 0 Å². The summed E-state index contributed by atoms with van der Waals surface area (Å²) in [5.74, 6) is -3.17. The van der Waals surface area contributed by atoms with E-state index in [1.807, 2.05) is 0 Å². The summed E-state index contributed by atoms with van der Waals surface area (Å²) >= 11 is 0. The molecule has 1 saturated heterocycles. The average molecular weight is 335 g/mol. The maximum atomic E-state index is 13.6. The zero-order chi connectivity index (χ0) is 16.9. The van der Waals surface area contributed by atoms with E-state index in [4.69, 9.17) is 0 Å². The molecule has 2 fully saturated rings. The van der Waals surface area contributed by atoms with Gasteiger partial charge in [-0.3, -0.25) is 14.3 Å². The van der Waals surface area contributed by atoms with Crippen LogP contribution in [0.5, 0.6) is 0 Å². The summed E-state index contributed by atoms with van der Waals surface area (Å²) in [6, 6.07) is 3.91. The first-order valence-electron chi connectivity index (χ1n) is 7.79. The summed E-state index contributed by atoms with van der Waals surface area (Å²) in [5.41, 5.74) is 0.571. The molecule has 2 heterocycles. The summed E-state index contributed by atoms with van der Waals surface area (Å²) in [4.78, 5) is 27.4. The summed E-state index contributed by atoms with van der Waals surface area (Å²) in [7, 11) is 0. The van der Waals surface area contributed by atoms with Crippen molar-refractivity contribution >= 4 is 5.91 Å². The highest BCUT2D eigenvalue weighted by molar-refractivity contribution is 5.90. The van der Waals surface area contributed by atoms with Crippen LogP contribution >= 0.6 is 0 Å². The van der Waals surface area contributed by atoms with E-state index in [2.05, 4.69) is 14.7 Å². The lowest BCUT2D eigenvalue weighted by molar-refractivity contribution is 0.0711. The molecule has 1 unspecified atom stereocenters. The van der Waals surface area contributed by atoms with Crippen LogP contribution in [0.4, 0.5) is 8.78 Å². The molecule has 1 spiro atoms. The second-order valence-corrected chi connectivity index (χ2v) is 6.57. The fraction of sp³-hybridized carbons (Fsp3) is 0.438. The number of benzene rings is 1. The Morgan fingerprint density at radius 3 is 2.71 bits per heavy atom. The van der Waals surface area contributed by atoms with E-state index in [9.17, 15) is 18.4 Å². The lowest BCUT2D eigenvalue weighted by Gasteiger charge is -2.43. The molecular formula is C16H15F2N3O3. The number of carbonyl (C=O) groups excluding carboxylic acids is 1. The molecule has 1 aromatic carbocycles. The first kappa shape index (κ1) is 15.0. The van der Waals surface area contributed by atoms with Gasteiger partial charge < -0.3 is 4.90 Å². The Morgan fingerprint density at radius 2 is 2.12 bits per heavy atom. The molecule has 1 aliphatic heterocycles. The Morgan fingerprint density at radius 1 is 1.33 bits per heavy atom. The number of H-pyrrole nitrogens is 1. The normalized spacial score (nSPS) is 21.9. The minimum Gasteiger partial charge on any atom is -0.335 e. The quantitative estimate of drug-likeness (QED) is 0.911. The van der Waals surface area contributed by atoms with Gasteiger partial charge in [-0.05, 0) is 41.1 Å². The standard InChI is InChI=1S/C16H15F2N3O3/c17-11-3-2-9(6-12(11)18)10-7-21(8-16(10)4-1-5-16)14(22)13-19-15(23)24-20-13/h2-3,6,10H,1,4-5,7-8H2,(H,19,20,23). The van der Waals surface area contributed by atoms with Gasteiger partial charge in [-0.2, -0.15) is 0 Å². The molecule has 1 atom stereocenters. The Kier molecular flexibility index (Phi) is 3.29. The van der Waals surface area contributed by atoms with Crippen molar-refractivity contribution in [3.8, 4) is 0 Å². The fourth-order valence-electron chi connectivity index (χ4n) is 3.92. The third-order valence-corrected chi connectivity index (χ3v) is 5.27. The molecule has 2 aromatic rings. The largest absolute Gasteiger partial charge is 0.439 e. The van der Waals surface area contributed by atoms with Gasteiger partial charge >= 0.3 is 5.76 Å². The molecule has 6 nitrogen and oxygen atoms in total. The van der Waals surface area contributed by atoms with Crippen molar-refractivity contribution in [1.29, 1.82) is 0 Å². The number of halogens is 2. The predicted molar refractivity (Wildman–Crippen MR) is 78.4 cm³/mol. The van der Waals surface area contributed by atoms with Crippen molar-refractivity contribution in [2.24, 2.45) is 5.41 Å². The van der Waals surface area contributed by atoms with Gasteiger partial charge in [0.2, 0.25) is 5.82 Å². The zero-order valence-corrected chi connectivity index (χ0v) is 12.7. The van der Waals surface area contributed by atoms with Crippen molar-refractivity contribution in [2.45, 2.75) is 25.2 Å².